The summed E-state index contributed by atoms with van der Waals surface area (Å²) in [7, 11) is 0. The lowest BCUT2D eigenvalue weighted by atomic mass is 10.0. The van der Waals surface area contributed by atoms with Crippen LogP contribution in [-0.2, 0) is 17.8 Å². The van der Waals surface area contributed by atoms with Gasteiger partial charge in [0, 0.05) is 23.4 Å². The van der Waals surface area contributed by atoms with Crippen molar-refractivity contribution in [3.05, 3.63) is 77.7 Å². The fraction of sp³-hybridized carbons (Fsp3) is 0.182. The van der Waals surface area contributed by atoms with Gasteiger partial charge in [-0.3, -0.25) is 4.79 Å². The van der Waals surface area contributed by atoms with Crippen molar-refractivity contribution in [3.63, 3.8) is 0 Å². The molecule has 5 nitrogen and oxygen atoms in total. The summed E-state index contributed by atoms with van der Waals surface area (Å²) in [5.41, 5.74) is 7.54. The number of rotatable bonds is 8. The Hall–Kier alpha value is -3.41. The molecule has 0 spiro atoms. The van der Waals surface area contributed by atoms with Gasteiger partial charge >= 0.3 is 0 Å². The highest BCUT2D eigenvalue weighted by Gasteiger charge is 2.14. The maximum absolute atomic E-state index is 14.6. The molecule has 0 saturated heterocycles. The number of primary amides is 1. The Morgan fingerprint density at radius 3 is 2.50 bits per heavy atom. The minimum absolute atomic E-state index is 0.0139. The van der Waals surface area contributed by atoms with Gasteiger partial charge in [0.15, 0.2) is 0 Å². The number of nitrogens with zero attached hydrogens (tertiary/aromatic N) is 1. The van der Waals surface area contributed by atoms with Crippen molar-refractivity contribution < 1.29 is 18.7 Å². The number of nitrogens with two attached hydrogens (primary N) is 1. The number of hydrogen-bond acceptors (Lipinski definition) is 4. The highest BCUT2D eigenvalue weighted by atomic mass is 19.1. The molecule has 144 valence electrons. The van der Waals surface area contributed by atoms with Crippen molar-refractivity contribution in [2.24, 2.45) is 5.73 Å². The molecule has 28 heavy (non-hydrogen) atoms. The Labute approximate surface area is 162 Å². The molecular weight excluding hydrogens is 359 g/mol. The summed E-state index contributed by atoms with van der Waals surface area (Å²) >= 11 is 0. The van der Waals surface area contributed by atoms with E-state index in [9.17, 15) is 9.18 Å². The molecule has 1 aromatic heterocycles. The van der Waals surface area contributed by atoms with Gasteiger partial charge in [-0.25, -0.2) is 9.37 Å². The molecule has 1 heterocycles. The van der Waals surface area contributed by atoms with Crippen LogP contribution in [0.2, 0.25) is 0 Å². The normalized spacial score (nSPS) is 10.5. The van der Waals surface area contributed by atoms with Gasteiger partial charge in [-0.15, -0.1) is 0 Å². The molecule has 0 fully saturated rings. The van der Waals surface area contributed by atoms with Crippen LogP contribution in [0.3, 0.4) is 0 Å². The second kappa shape index (κ2) is 8.99. The van der Waals surface area contributed by atoms with E-state index < -0.39 is 11.7 Å². The Morgan fingerprint density at radius 2 is 1.82 bits per heavy atom. The van der Waals surface area contributed by atoms with Crippen LogP contribution in [0.4, 0.5) is 4.39 Å². The number of hydrogen-bond donors (Lipinski definition) is 1. The standard InChI is InChI=1S/C22H21FN2O3/c1-2-27-20-12-22(28-14-15-6-4-3-5-7-15)25-13-18(20)17-9-8-16(10-19(17)23)11-21(24)26/h3-10,12-13H,2,11,14H2,1H3,(H2,24,26). The molecule has 0 aliphatic rings. The fourth-order valence-electron chi connectivity index (χ4n) is 2.79. The van der Waals surface area contributed by atoms with Gasteiger partial charge in [-0.05, 0) is 24.1 Å². The minimum atomic E-state index is -0.510. The third kappa shape index (κ3) is 4.85. The van der Waals surface area contributed by atoms with Crippen molar-refractivity contribution in [1.82, 2.24) is 4.98 Å². The molecule has 2 N–H and O–H groups in total. The zero-order chi connectivity index (χ0) is 19.9. The Balaban J connectivity index is 1.85. The molecule has 0 bridgehead atoms. The molecule has 0 radical (unpaired) electrons. The van der Waals surface area contributed by atoms with Crippen molar-refractivity contribution >= 4 is 5.91 Å². The van der Waals surface area contributed by atoms with Crippen LogP contribution < -0.4 is 15.2 Å². The van der Waals surface area contributed by atoms with Crippen LogP contribution in [0.15, 0.2) is 60.8 Å². The molecular formula is C22H21FN2O3. The van der Waals surface area contributed by atoms with E-state index in [2.05, 4.69) is 4.98 Å². The molecule has 2 aromatic carbocycles. The topological polar surface area (TPSA) is 74.4 Å². The lowest BCUT2D eigenvalue weighted by Gasteiger charge is -2.13. The molecule has 0 atom stereocenters. The van der Waals surface area contributed by atoms with E-state index in [-0.39, 0.29) is 6.42 Å². The summed E-state index contributed by atoms with van der Waals surface area (Å²) in [5, 5.41) is 0. The molecule has 0 saturated carbocycles. The van der Waals surface area contributed by atoms with Crippen LogP contribution >= 0.6 is 0 Å². The number of ether oxygens (including phenoxy) is 2. The summed E-state index contributed by atoms with van der Waals surface area (Å²) in [6.07, 6.45) is 1.51. The van der Waals surface area contributed by atoms with Crippen molar-refractivity contribution in [1.29, 1.82) is 0 Å². The highest BCUT2D eigenvalue weighted by Crippen LogP contribution is 2.34. The molecule has 1 amide bonds. The van der Waals surface area contributed by atoms with Gasteiger partial charge in [-0.2, -0.15) is 0 Å². The third-order valence-electron chi connectivity index (χ3n) is 4.07. The average Bonchev–Trinajstić information content (AvgIpc) is 2.68. The Kier molecular flexibility index (Phi) is 6.22. The van der Waals surface area contributed by atoms with E-state index in [4.69, 9.17) is 15.2 Å². The summed E-state index contributed by atoms with van der Waals surface area (Å²) in [4.78, 5) is 15.3. The van der Waals surface area contributed by atoms with E-state index in [1.54, 1.807) is 18.2 Å². The summed E-state index contributed by atoms with van der Waals surface area (Å²) in [6.45, 7) is 2.63. The number of halogens is 1. The largest absolute Gasteiger partial charge is 0.493 e. The molecule has 6 heteroatoms. The van der Waals surface area contributed by atoms with E-state index in [1.165, 1.54) is 12.3 Å². The number of carbonyl (C=O) groups is 1. The highest BCUT2D eigenvalue weighted by molar-refractivity contribution is 5.77. The first kappa shape index (κ1) is 19.4. The minimum Gasteiger partial charge on any atom is -0.493 e. The quantitative estimate of drug-likeness (QED) is 0.643. The molecule has 3 rings (SSSR count). The monoisotopic (exact) mass is 380 g/mol. The van der Waals surface area contributed by atoms with Gasteiger partial charge in [0.2, 0.25) is 11.8 Å². The molecule has 0 unspecified atom stereocenters. The predicted octanol–water partition coefficient (Wildman–Crippen LogP) is 3.89. The van der Waals surface area contributed by atoms with E-state index in [0.29, 0.717) is 41.5 Å². The SMILES string of the molecule is CCOc1cc(OCc2ccccc2)ncc1-c1ccc(CC(N)=O)cc1F. The van der Waals surface area contributed by atoms with Gasteiger partial charge in [0.1, 0.15) is 18.2 Å². The van der Waals surface area contributed by atoms with E-state index in [1.807, 2.05) is 37.3 Å². The van der Waals surface area contributed by atoms with Crippen LogP contribution in [0.5, 0.6) is 11.6 Å². The molecule has 0 aliphatic carbocycles. The van der Waals surface area contributed by atoms with Crippen molar-refractivity contribution in [2.75, 3.05) is 6.61 Å². The smallest absolute Gasteiger partial charge is 0.221 e. The zero-order valence-electron chi connectivity index (χ0n) is 15.5. The summed E-state index contributed by atoms with van der Waals surface area (Å²) in [5.74, 6) is -0.118. The van der Waals surface area contributed by atoms with Crippen LogP contribution in [0.25, 0.3) is 11.1 Å². The summed E-state index contributed by atoms with van der Waals surface area (Å²) in [6, 6.07) is 15.9. The maximum atomic E-state index is 14.6. The van der Waals surface area contributed by atoms with Crippen LogP contribution in [0.1, 0.15) is 18.1 Å². The third-order valence-corrected chi connectivity index (χ3v) is 4.07. The number of carbonyl (C=O) groups excluding carboxylic acids is 1. The first-order chi connectivity index (χ1) is 13.6. The number of pyridine rings is 1. The Bertz CT molecular complexity index is 961. The number of aromatic nitrogens is 1. The fourth-order valence-corrected chi connectivity index (χ4v) is 2.79. The van der Waals surface area contributed by atoms with Crippen molar-refractivity contribution in [2.45, 2.75) is 20.0 Å². The second-order valence-electron chi connectivity index (χ2n) is 6.18. The summed E-state index contributed by atoms with van der Waals surface area (Å²) < 4.78 is 26.0. The van der Waals surface area contributed by atoms with E-state index >= 15 is 0 Å². The average molecular weight is 380 g/mol. The van der Waals surface area contributed by atoms with Gasteiger partial charge in [0.05, 0.1) is 13.0 Å². The lowest BCUT2D eigenvalue weighted by Crippen LogP contribution is -2.13. The second-order valence-corrected chi connectivity index (χ2v) is 6.18. The van der Waals surface area contributed by atoms with Gasteiger partial charge < -0.3 is 15.2 Å². The Morgan fingerprint density at radius 1 is 1.04 bits per heavy atom. The molecule has 0 aliphatic heterocycles. The maximum Gasteiger partial charge on any atom is 0.221 e. The molecule has 3 aromatic rings. The van der Waals surface area contributed by atoms with Crippen LogP contribution in [0, 0.1) is 5.82 Å². The predicted molar refractivity (Wildman–Crippen MR) is 104 cm³/mol. The number of benzene rings is 2. The number of amides is 1. The first-order valence-electron chi connectivity index (χ1n) is 8.93. The van der Waals surface area contributed by atoms with Gasteiger partial charge in [-0.1, -0.05) is 42.5 Å². The van der Waals surface area contributed by atoms with Crippen LogP contribution in [-0.4, -0.2) is 17.5 Å². The van der Waals surface area contributed by atoms with Gasteiger partial charge in [0.25, 0.3) is 0 Å². The van der Waals surface area contributed by atoms with E-state index in [0.717, 1.165) is 5.56 Å². The first-order valence-corrected chi connectivity index (χ1v) is 8.93. The van der Waals surface area contributed by atoms with Crippen molar-refractivity contribution in [3.8, 4) is 22.8 Å². The zero-order valence-corrected chi connectivity index (χ0v) is 15.5. The lowest BCUT2D eigenvalue weighted by molar-refractivity contribution is -0.117.